The van der Waals surface area contributed by atoms with E-state index >= 15 is 0 Å². The van der Waals surface area contributed by atoms with E-state index in [1.807, 2.05) is 84.6 Å². The first-order valence-corrected chi connectivity index (χ1v) is 10.1. The third-order valence-corrected chi connectivity index (χ3v) is 5.11. The van der Waals surface area contributed by atoms with Crippen molar-refractivity contribution in [3.8, 4) is 5.88 Å². The summed E-state index contributed by atoms with van der Waals surface area (Å²) in [7, 11) is 3.83. The Kier molecular flexibility index (Phi) is 6.92. The Morgan fingerprint density at radius 2 is 1.61 bits per heavy atom. The van der Waals surface area contributed by atoms with Crippen LogP contribution in [0.4, 0.5) is 11.4 Å². The fraction of sp³-hybridized carbons (Fsp3) is 0.125. The van der Waals surface area contributed by atoms with Crippen molar-refractivity contribution < 1.29 is 5.11 Å². The number of para-hydroxylation sites is 2. The van der Waals surface area contributed by atoms with Gasteiger partial charge >= 0.3 is 0 Å². The van der Waals surface area contributed by atoms with Crippen molar-refractivity contribution in [3.05, 3.63) is 106 Å². The number of benzene rings is 2. The lowest BCUT2D eigenvalue weighted by atomic mass is 10.2. The van der Waals surface area contributed by atoms with Crippen LogP contribution in [0.5, 0.6) is 5.88 Å². The van der Waals surface area contributed by atoms with Crippen LogP contribution in [-0.4, -0.2) is 28.8 Å². The van der Waals surface area contributed by atoms with Crippen LogP contribution in [-0.2, 0) is 6.54 Å². The van der Waals surface area contributed by atoms with Crippen molar-refractivity contribution in [1.82, 2.24) is 9.55 Å². The lowest BCUT2D eigenvalue weighted by Crippen LogP contribution is -2.29. The molecule has 3 aromatic rings. The van der Waals surface area contributed by atoms with Crippen LogP contribution in [0.2, 0.25) is 0 Å². The summed E-state index contributed by atoms with van der Waals surface area (Å²) in [6, 6.07) is 19.6. The average molecular weight is 433 g/mol. The molecule has 158 valence electrons. The van der Waals surface area contributed by atoms with E-state index in [1.54, 1.807) is 6.08 Å². The highest BCUT2D eigenvalue weighted by Crippen LogP contribution is 2.23. The summed E-state index contributed by atoms with van der Waals surface area (Å²) in [5.74, 6) is 0.444. The Bertz CT molecular complexity index is 1190. The first-order chi connectivity index (χ1) is 14.9. The zero-order chi connectivity index (χ0) is 22.4. The number of aromatic nitrogens is 2. The molecule has 1 aromatic heterocycles. The summed E-state index contributed by atoms with van der Waals surface area (Å²) in [6.45, 7) is 3.94. The number of hydrogen-bond acceptors (Lipinski definition) is 5. The molecule has 2 N–H and O–H groups in total. The van der Waals surface area contributed by atoms with E-state index in [9.17, 15) is 9.90 Å². The van der Waals surface area contributed by atoms with Crippen LogP contribution in [0.3, 0.4) is 0 Å². The summed E-state index contributed by atoms with van der Waals surface area (Å²) in [6.07, 6.45) is 3.06. The Morgan fingerprint density at radius 3 is 2.10 bits per heavy atom. The first-order valence-electron chi connectivity index (χ1n) is 9.65. The molecule has 2 aromatic carbocycles. The van der Waals surface area contributed by atoms with Gasteiger partial charge in [0.05, 0.1) is 0 Å². The minimum absolute atomic E-state index is 0.0656. The SMILES string of the molecule is C=CCn1c(O)c(C=C=C(N(C)c2ccccc2)N(C)c2ccccc2)c(=O)[nH]c1=S. The van der Waals surface area contributed by atoms with Crippen molar-refractivity contribution in [2.75, 3.05) is 23.9 Å². The second kappa shape index (κ2) is 9.80. The Morgan fingerprint density at radius 1 is 1.10 bits per heavy atom. The summed E-state index contributed by atoms with van der Waals surface area (Å²) in [4.78, 5) is 19.0. The largest absolute Gasteiger partial charge is 0.494 e. The molecule has 31 heavy (non-hydrogen) atoms. The predicted octanol–water partition coefficient (Wildman–Crippen LogP) is 4.52. The van der Waals surface area contributed by atoms with Crippen LogP contribution in [0.25, 0.3) is 6.08 Å². The molecule has 0 atom stereocenters. The number of aromatic hydroxyl groups is 1. The van der Waals surface area contributed by atoms with Crippen molar-refractivity contribution in [1.29, 1.82) is 0 Å². The number of hydrogen-bond donors (Lipinski definition) is 2. The summed E-state index contributed by atoms with van der Waals surface area (Å²) in [5.41, 5.74) is 4.66. The van der Waals surface area contributed by atoms with Gasteiger partial charge in [-0.25, -0.2) is 0 Å². The van der Waals surface area contributed by atoms with E-state index in [2.05, 4.69) is 17.3 Å². The van der Waals surface area contributed by atoms with Gasteiger partial charge in [0.1, 0.15) is 5.56 Å². The lowest BCUT2D eigenvalue weighted by Gasteiger charge is -2.29. The number of allylic oxidation sites excluding steroid dienone is 1. The van der Waals surface area contributed by atoms with Crippen molar-refractivity contribution >= 4 is 29.7 Å². The fourth-order valence-electron chi connectivity index (χ4n) is 3.11. The molecular weight excluding hydrogens is 408 g/mol. The van der Waals surface area contributed by atoms with Crippen molar-refractivity contribution in [3.63, 3.8) is 0 Å². The number of nitrogens with zero attached hydrogens (tertiary/aromatic N) is 3. The molecule has 7 heteroatoms. The van der Waals surface area contributed by atoms with Gasteiger partial charge in [-0.3, -0.25) is 14.3 Å². The monoisotopic (exact) mass is 432 g/mol. The number of anilines is 2. The summed E-state index contributed by atoms with van der Waals surface area (Å²) in [5, 5.41) is 10.6. The minimum atomic E-state index is -0.487. The molecular formula is C24H24N4O2S. The zero-order valence-electron chi connectivity index (χ0n) is 17.4. The molecule has 0 aliphatic carbocycles. The molecule has 6 nitrogen and oxygen atoms in total. The lowest BCUT2D eigenvalue weighted by molar-refractivity contribution is 0.412. The fourth-order valence-corrected chi connectivity index (χ4v) is 3.36. The highest BCUT2D eigenvalue weighted by Gasteiger charge is 2.14. The highest BCUT2D eigenvalue weighted by atomic mass is 32.1. The van der Waals surface area contributed by atoms with E-state index in [-0.39, 0.29) is 22.8 Å². The molecule has 0 saturated heterocycles. The van der Waals surface area contributed by atoms with Crippen LogP contribution in [0.15, 0.2) is 89.7 Å². The summed E-state index contributed by atoms with van der Waals surface area (Å²) < 4.78 is 1.53. The third kappa shape index (κ3) is 4.86. The van der Waals surface area contributed by atoms with E-state index in [1.165, 1.54) is 10.6 Å². The van der Waals surface area contributed by atoms with Gasteiger partial charge in [-0.2, -0.15) is 0 Å². The van der Waals surface area contributed by atoms with Crippen LogP contribution < -0.4 is 15.4 Å². The smallest absolute Gasteiger partial charge is 0.263 e. The van der Waals surface area contributed by atoms with E-state index in [0.29, 0.717) is 5.82 Å². The van der Waals surface area contributed by atoms with Gasteiger partial charge in [-0.15, -0.1) is 6.58 Å². The molecule has 1 heterocycles. The molecule has 0 aliphatic rings. The molecule has 3 rings (SSSR count). The quantitative estimate of drug-likeness (QED) is 0.326. The van der Waals surface area contributed by atoms with Gasteiger partial charge in [0.25, 0.3) is 5.56 Å². The maximum atomic E-state index is 12.5. The second-order valence-corrected chi connectivity index (χ2v) is 7.18. The van der Waals surface area contributed by atoms with Gasteiger partial charge in [0.15, 0.2) is 10.6 Å². The molecule has 0 radical (unpaired) electrons. The molecule has 0 fully saturated rings. The predicted molar refractivity (Wildman–Crippen MR) is 129 cm³/mol. The standard InChI is InChI=1S/C24H24N4O2S/c1-4-17-28-23(30)20(22(29)25-24(28)31)15-16-21(26(2)18-11-7-5-8-12-18)27(3)19-13-9-6-10-14-19/h4-15,30H,1,17H2,2-3H3,(H,25,29,31). The molecule has 0 amide bonds. The molecule has 0 saturated carbocycles. The van der Waals surface area contributed by atoms with E-state index in [4.69, 9.17) is 12.2 Å². The molecule has 0 unspecified atom stereocenters. The third-order valence-electron chi connectivity index (χ3n) is 4.79. The first kappa shape index (κ1) is 21.9. The zero-order valence-corrected chi connectivity index (χ0v) is 18.3. The van der Waals surface area contributed by atoms with Gasteiger partial charge in [-0.1, -0.05) is 48.2 Å². The van der Waals surface area contributed by atoms with Crippen molar-refractivity contribution in [2.24, 2.45) is 0 Å². The maximum absolute atomic E-state index is 12.5. The highest BCUT2D eigenvalue weighted by molar-refractivity contribution is 7.71. The average Bonchev–Trinajstić information content (AvgIpc) is 2.79. The molecule has 0 bridgehead atoms. The topological polar surface area (TPSA) is 64.5 Å². The Balaban J connectivity index is 2.19. The van der Waals surface area contributed by atoms with E-state index < -0.39 is 5.56 Å². The summed E-state index contributed by atoms with van der Waals surface area (Å²) >= 11 is 5.14. The minimum Gasteiger partial charge on any atom is -0.494 e. The van der Waals surface area contributed by atoms with E-state index in [0.717, 1.165) is 11.4 Å². The molecule has 0 aliphatic heterocycles. The molecule has 0 spiro atoms. The number of rotatable bonds is 7. The van der Waals surface area contributed by atoms with Gasteiger partial charge in [0.2, 0.25) is 5.88 Å². The van der Waals surface area contributed by atoms with Gasteiger partial charge in [-0.05, 0) is 36.5 Å². The van der Waals surface area contributed by atoms with Crippen molar-refractivity contribution in [2.45, 2.75) is 6.54 Å². The van der Waals surface area contributed by atoms with Crippen LogP contribution in [0.1, 0.15) is 5.56 Å². The number of nitrogens with one attached hydrogen (secondary N) is 1. The van der Waals surface area contributed by atoms with Gasteiger partial charge < -0.3 is 14.9 Å². The Labute approximate surface area is 186 Å². The Hall–Kier alpha value is -3.80. The maximum Gasteiger partial charge on any atom is 0.263 e. The number of aromatic amines is 1. The number of H-pyrrole nitrogens is 1. The van der Waals surface area contributed by atoms with Crippen LogP contribution >= 0.6 is 12.2 Å². The second-order valence-electron chi connectivity index (χ2n) is 6.80. The normalized spacial score (nSPS) is 10.1. The van der Waals surface area contributed by atoms with Gasteiger partial charge in [0, 0.05) is 38.1 Å². The van der Waals surface area contributed by atoms with Crippen LogP contribution in [0, 0.1) is 4.77 Å².